The lowest BCUT2D eigenvalue weighted by Crippen LogP contribution is -2.40. The van der Waals surface area contributed by atoms with Gasteiger partial charge in [-0.25, -0.2) is 0 Å². The Kier molecular flexibility index (Phi) is 2.56. The van der Waals surface area contributed by atoms with Crippen molar-refractivity contribution < 1.29 is 4.42 Å². The molecule has 1 aliphatic rings. The van der Waals surface area contributed by atoms with Crippen molar-refractivity contribution in [3.05, 3.63) is 40.2 Å². The minimum Gasteiger partial charge on any atom is -0.444 e. The lowest BCUT2D eigenvalue weighted by Gasteiger charge is -2.26. The summed E-state index contributed by atoms with van der Waals surface area (Å²) in [5.41, 5.74) is 2.68. The minimum absolute atomic E-state index is 0.319. The summed E-state index contributed by atoms with van der Waals surface area (Å²) in [6, 6.07) is 9.96. The molecule has 0 spiro atoms. The maximum Gasteiger partial charge on any atom is 0.204 e. The van der Waals surface area contributed by atoms with Crippen molar-refractivity contribution in [2.24, 2.45) is 0 Å². The number of nitrogens with one attached hydrogen (secondary N) is 1. The number of fused-ring (bicyclic) bond motifs is 2. The quantitative estimate of drug-likeness (QED) is 0.744. The largest absolute Gasteiger partial charge is 0.444 e. The zero-order chi connectivity index (χ0) is 13.7. The van der Waals surface area contributed by atoms with Crippen LogP contribution >= 0.6 is 15.9 Å². The minimum atomic E-state index is 0.319. The molecule has 0 bridgehead atoms. The average molecular weight is 328 g/mol. The van der Waals surface area contributed by atoms with Crippen LogP contribution in [0, 0.1) is 11.3 Å². The lowest BCUT2D eigenvalue weighted by molar-refractivity contribution is 0.441. The fraction of sp³-hybridized carbons (Fsp3) is 0.200. The fourth-order valence-corrected chi connectivity index (χ4v) is 3.14. The number of pyridine rings is 1. The zero-order valence-electron chi connectivity index (χ0n) is 10.5. The van der Waals surface area contributed by atoms with Crippen molar-refractivity contribution in [3.8, 4) is 6.07 Å². The molecule has 3 aromatic rings. The van der Waals surface area contributed by atoms with E-state index in [2.05, 4.69) is 33.4 Å². The van der Waals surface area contributed by atoms with E-state index in [1.807, 2.05) is 12.1 Å². The van der Waals surface area contributed by atoms with Crippen molar-refractivity contribution in [1.82, 2.24) is 10.3 Å². The molecule has 0 radical (unpaired) electrons. The predicted molar refractivity (Wildman–Crippen MR) is 79.5 cm³/mol. The summed E-state index contributed by atoms with van der Waals surface area (Å²) in [5, 5.41) is 14.2. The maximum atomic E-state index is 8.94. The summed E-state index contributed by atoms with van der Waals surface area (Å²) >= 11 is 3.57. The van der Waals surface area contributed by atoms with Crippen LogP contribution in [0.5, 0.6) is 0 Å². The molecule has 20 heavy (non-hydrogen) atoms. The normalized spacial score (nSPS) is 15.4. The van der Waals surface area contributed by atoms with Crippen LogP contribution in [-0.2, 0) is 0 Å². The van der Waals surface area contributed by atoms with Gasteiger partial charge in [-0.15, -0.1) is 0 Å². The second-order valence-electron chi connectivity index (χ2n) is 4.99. The van der Waals surface area contributed by atoms with Gasteiger partial charge >= 0.3 is 0 Å². The summed E-state index contributed by atoms with van der Waals surface area (Å²) in [4.78, 5) is 4.75. The average Bonchev–Trinajstić information content (AvgIpc) is 2.81. The number of hydrogen-bond acceptors (Lipinski definition) is 4. The Morgan fingerprint density at radius 2 is 2.15 bits per heavy atom. The Labute approximate surface area is 123 Å². The van der Waals surface area contributed by atoms with E-state index in [4.69, 9.17) is 14.7 Å². The lowest BCUT2D eigenvalue weighted by atomic mass is 9.98. The number of benzene rings is 1. The summed E-state index contributed by atoms with van der Waals surface area (Å²) in [6.07, 6.45) is 0. The van der Waals surface area contributed by atoms with Gasteiger partial charge in [0.2, 0.25) is 5.76 Å². The van der Waals surface area contributed by atoms with E-state index in [-0.39, 0.29) is 0 Å². The van der Waals surface area contributed by atoms with Gasteiger partial charge < -0.3 is 9.73 Å². The summed E-state index contributed by atoms with van der Waals surface area (Å²) in [5.74, 6) is 0.813. The molecule has 1 aliphatic heterocycles. The van der Waals surface area contributed by atoms with Crippen molar-refractivity contribution >= 4 is 37.8 Å². The Bertz CT molecular complexity index is 874. The molecule has 98 valence electrons. The SMILES string of the molecule is N#Cc1cc2cc3ccc(C4CNC4)nc3c(Br)c2o1. The van der Waals surface area contributed by atoms with Gasteiger partial charge in [0, 0.05) is 41.5 Å². The van der Waals surface area contributed by atoms with E-state index >= 15 is 0 Å². The van der Waals surface area contributed by atoms with Crippen LogP contribution in [0.4, 0.5) is 0 Å². The van der Waals surface area contributed by atoms with Crippen molar-refractivity contribution in [2.45, 2.75) is 5.92 Å². The number of hydrogen-bond donors (Lipinski definition) is 1. The van der Waals surface area contributed by atoms with Gasteiger partial charge in [-0.1, -0.05) is 6.07 Å². The van der Waals surface area contributed by atoms with Crippen LogP contribution < -0.4 is 5.32 Å². The molecule has 0 unspecified atom stereocenters. The van der Waals surface area contributed by atoms with Crippen LogP contribution in [0.3, 0.4) is 0 Å². The molecule has 4 rings (SSSR count). The first-order valence-electron chi connectivity index (χ1n) is 6.40. The highest BCUT2D eigenvalue weighted by atomic mass is 79.9. The molecule has 0 saturated carbocycles. The molecular weight excluding hydrogens is 318 g/mol. The van der Waals surface area contributed by atoms with E-state index in [9.17, 15) is 0 Å². The highest BCUT2D eigenvalue weighted by molar-refractivity contribution is 9.10. The number of aromatic nitrogens is 1. The Morgan fingerprint density at radius 3 is 2.85 bits per heavy atom. The standard InChI is InChI=1S/C15H10BrN3O/c16-13-14-8(1-2-12(19-14)10-6-18-7-10)3-9-4-11(5-17)20-15(9)13/h1-4,10,18H,6-7H2. The molecule has 3 heterocycles. The van der Waals surface area contributed by atoms with Crippen LogP contribution in [0.25, 0.3) is 21.9 Å². The molecule has 5 heteroatoms. The van der Waals surface area contributed by atoms with Crippen LogP contribution in [0.2, 0.25) is 0 Å². The summed E-state index contributed by atoms with van der Waals surface area (Å²) in [6.45, 7) is 1.97. The van der Waals surface area contributed by atoms with Gasteiger partial charge in [0.05, 0.1) is 9.99 Å². The molecule has 1 aromatic carbocycles. The monoisotopic (exact) mass is 327 g/mol. The third-order valence-electron chi connectivity index (χ3n) is 3.74. The number of nitriles is 1. The second kappa shape index (κ2) is 4.30. The number of furan rings is 1. The Balaban J connectivity index is 1.99. The third kappa shape index (κ3) is 1.65. The third-order valence-corrected chi connectivity index (χ3v) is 4.47. The smallest absolute Gasteiger partial charge is 0.204 e. The molecular formula is C15H10BrN3O. The first kappa shape index (κ1) is 11.9. The van der Waals surface area contributed by atoms with E-state index < -0.39 is 0 Å². The summed E-state index contributed by atoms with van der Waals surface area (Å²) < 4.78 is 6.36. The molecule has 4 nitrogen and oxygen atoms in total. The summed E-state index contributed by atoms with van der Waals surface area (Å²) in [7, 11) is 0. The molecule has 0 atom stereocenters. The van der Waals surface area contributed by atoms with Gasteiger partial charge in [0.1, 0.15) is 6.07 Å². The molecule has 1 N–H and O–H groups in total. The van der Waals surface area contributed by atoms with E-state index in [0.717, 1.165) is 39.5 Å². The van der Waals surface area contributed by atoms with E-state index in [1.54, 1.807) is 6.07 Å². The van der Waals surface area contributed by atoms with Gasteiger partial charge in [0.25, 0.3) is 0 Å². The predicted octanol–water partition coefficient (Wildman–Crippen LogP) is 3.30. The number of halogens is 1. The zero-order valence-corrected chi connectivity index (χ0v) is 12.1. The molecule has 1 saturated heterocycles. The number of nitrogens with zero attached hydrogens (tertiary/aromatic N) is 2. The van der Waals surface area contributed by atoms with Gasteiger partial charge in [-0.05, 0) is 28.1 Å². The van der Waals surface area contributed by atoms with Gasteiger partial charge in [-0.3, -0.25) is 4.98 Å². The number of rotatable bonds is 1. The van der Waals surface area contributed by atoms with Crippen molar-refractivity contribution in [1.29, 1.82) is 5.26 Å². The van der Waals surface area contributed by atoms with Crippen molar-refractivity contribution in [2.75, 3.05) is 13.1 Å². The van der Waals surface area contributed by atoms with E-state index in [1.165, 1.54) is 0 Å². The van der Waals surface area contributed by atoms with Crippen LogP contribution in [0.15, 0.2) is 33.2 Å². The van der Waals surface area contributed by atoms with Gasteiger partial charge in [-0.2, -0.15) is 5.26 Å². The second-order valence-corrected chi connectivity index (χ2v) is 5.79. The fourth-order valence-electron chi connectivity index (χ4n) is 2.52. The highest BCUT2D eigenvalue weighted by Gasteiger charge is 2.21. The highest BCUT2D eigenvalue weighted by Crippen LogP contribution is 2.34. The first-order chi connectivity index (χ1) is 9.76. The Hall–Kier alpha value is -1.90. The Morgan fingerprint density at radius 1 is 1.30 bits per heavy atom. The van der Waals surface area contributed by atoms with Gasteiger partial charge in [0.15, 0.2) is 5.58 Å². The topological polar surface area (TPSA) is 61.9 Å². The van der Waals surface area contributed by atoms with Crippen molar-refractivity contribution in [3.63, 3.8) is 0 Å². The molecule has 2 aromatic heterocycles. The van der Waals surface area contributed by atoms with E-state index in [0.29, 0.717) is 17.3 Å². The maximum absolute atomic E-state index is 8.94. The van der Waals surface area contributed by atoms with Crippen LogP contribution in [0.1, 0.15) is 17.4 Å². The molecule has 0 amide bonds. The molecule has 0 aliphatic carbocycles. The van der Waals surface area contributed by atoms with Crippen LogP contribution in [-0.4, -0.2) is 18.1 Å². The molecule has 1 fully saturated rings. The first-order valence-corrected chi connectivity index (χ1v) is 7.19.